The Morgan fingerprint density at radius 3 is 2.27 bits per heavy atom. The molecule has 278 valence electrons. The van der Waals surface area contributed by atoms with Gasteiger partial charge in [0.1, 0.15) is 23.8 Å². The minimum Gasteiger partial charge on any atom is -0.346 e. The van der Waals surface area contributed by atoms with E-state index in [0.717, 1.165) is 44.9 Å². The van der Waals surface area contributed by atoms with E-state index in [0.29, 0.717) is 13.0 Å². The molecule has 3 aliphatic carbocycles. The number of nitrogens with one attached hydrogen (secondary N) is 4. The van der Waals surface area contributed by atoms with Gasteiger partial charge >= 0.3 is 0 Å². The second-order valence-electron chi connectivity index (χ2n) is 17.1. The molecule has 0 radical (unpaired) electrons. The van der Waals surface area contributed by atoms with Gasteiger partial charge in [-0.1, -0.05) is 85.8 Å². The number of hydrogen-bond acceptors (Lipinski definition) is 7. The number of piperidine rings is 1. The molecule has 3 unspecified atom stereocenters. The number of rotatable bonds is 14. The number of ketones is 1. The summed E-state index contributed by atoms with van der Waals surface area (Å²) in [5.74, 6) is -3.11. The lowest BCUT2D eigenvalue weighted by atomic mass is 9.70. The Bertz CT molecular complexity index is 1530. The SMILES string of the molecule is C=CCNC(=O)C(=O)C(CC1CC1)NC(=O)[C@@H]1C2C(CN1C(=O)[C@@H](NC(=O)[C@@H](NC(=O)c1ccccn1)C1(C)CCCCC1)C(C)(C)C)C2(C)C. The smallest absolute Gasteiger partial charge is 0.289 e. The third kappa shape index (κ3) is 8.36. The van der Waals surface area contributed by atoms with Crippen LogP contribution >= 0.6 is 0 Å². The van der Waals surface area contributed by atoms with Crippen molar-refractivity contribution in [2.45, 2.75) is 117 Å². The third-order valence-electron chi connectivity index (χ3n) is 11.8. The van der Waals surface area contributed by atoms with Gasteiger partial charge in [0.15, 0.2) is 0 Å². The van der Waals surface area contributed by atoms with Crippen molar-refractivity contribution in [1.29, 1.82) is 0 Å². The summed E-state index contributed by atoms with van der Waals surface area (Å²) < 4.78 is 0. The Labute approximate surface area is 301 Å². The van der Waals surface area contributed by atoms with Crippen LogP contribution in [0.3, 0.4) is 0 Å². The molecule has 0 spiro atoms. The molecule has 1 aromatic heterocycles. The first-order chi connectivity index (χ1) is 24.0. The molecule has 4 fully saturated rings. The summed E-state index contributed by atoms with van der Waals surface area (Å²) in [5.41, 5.74) is -1.30. The molecule has 51 heavy (non-hydrogen) atoms. The normalized spacial score (nSPS) is 24.9. The maximum Gasteiger partial charge on any atom is 0.289 e. The highest BCUT2D eigenvalue weighted by atomic mass is 16.2. The molecule has 12 nitrogen and oxygen atoms in total. The molecule has 3 saturated carbocycles. The van der Waals surface area contributed by atoms with Crippen LogP contribution in [-0.4, -0.2) is 82.5 Å². The van der Waals surface area contributed by atoms with Crippen molar-refractivity contribution in [2.75, 3.05) is 13.1 Å². The molecular weight excluding hydrogens is 648 g/mol. The fourth-order valence-electron chi connectivity index (χ4n) is 8.35. The second kappa shape index (κ2) is 14.9. The molecule has 6 atom stereocenters. The topological polar surface area (TPSA) is 167 Å². The monoisotopic (exact) mass is 704 g/mol. The number of carbonyl (C=O) groups is 6. The van der Waals surface area contributed by atoms with Crippen molar-refractivity contribution in [2.24, 2.45) is 34.0 Å². The van der Waals surface area contributed by atoms with Crippen LogP contribution in [0.5, 0.6) is 0 Å². The molecule has 5 amide bonds. The molecule has 5 rings (SSSR count). The van der Waals surface area contributed by atoms with Crippen molar-refractivity contribution < 1.29 is 28.8 Å². The number of carbonyl (C=O) groups excluding carboxylic acids is 6. The van der Waals surface area contributed by atoms with Crippen molar-refractivity contribution in [3.63, 3.8) is 0 Å². The maximum absolute atomic E-state index is 14.7. The summed E-state index contributed by atoms with van der Waals surface area (Å²) in [7, 11) is 0. The van der Waals surface area contributed by atoms with E-state index in [2.05, 4.69) is 46.7 Å². The van der Waals surface area contributed by atoms with E-state index in [1.54, 1.807) is 23.1 Å². The molecule has 4 aliphatic rings. The van der Waals surface area contributed by atoms with Crippen LogP contribution < -0.4 is 21.3 Å². The molecule has 12 heteroatoms. The highest BCUT2D eigenvalue weighted by molar-refractivity contribution is 6.38. The Morgan fingerprint density at radius 2 is 1.69 bits per heavy atom. The van der Waals surface area contributed by atoms with Gasteiger partial charge in [-0.3, -0.25) is 33.8 Å². The zero-order valence-corrected chi connectivity index (χ0v) is 31.1. The van der Waals surface area contributed by atoms with Crippen LogP contribution in [0.1, 0.15) is 103 Å². The van der Waals surface area contributed by atoms with E-state index in [1.807, 2.05) is 27.7 Å². The number of pyridine rings is 1. The molecule has 2 heterocycles. The first-order valence-corrected chi connectivity index (χ1v) is 18.6. The number of amides is 5. The van der Waals surface area contributed by atoms with E-state index in [4.69, 9.17) is 0 Å². The zero-order valence-electron chi connectivity index (χ0n) is 31.1. The minimum atomic E-state index is -1.02. The Balaban J connectivity index is 1.38. The maximum atomic E-state index is 14.7. The molecule has 0 aromatic carbocycles. The highest BCUT2D eigenvalue weighted by Crippen LogP contribution is 2.65. The Hall–Kier alpha value is -4.09. The highest BCUT2D eigenvalue weighted by Gasteiger charge is 2.70. The lowest BCUT2D eigenvalue weighted by Gasteiger charge is -2.42. The summed E-state index contributed by atoms with van der Waals surface area (Å²) >= 11 is 0. The number of aromatic nitrogens is 1. The minimum absolute atomic E-state index is 0.0635. The summed E-state index contributed by atoms with van der Waals surface area (Å²) in [6, 6.07) is 1.20. The zero-order chi connectivity index (χ0) is 37.3. The van der Waals surface area contributed by atoms with Crippen LogP contribution in [0.2, 0.25) is 0 Å². The van der Waals surface area contributed by atoms with Gasteiger partial charge in [0, 0.05) is 19.3 Å². The van der Waals surface area contributed by atoms with Crippen LogP contribution in [0, 0.1) is 34.0 Å². The van der Waals surface area contributed by atoms with Crippen molar-refractivity contribution in [3.05, 3.63) is 42.7 Å². The first-order valence-electron chi connectivity index (χ1n) is 18.6. The molecule has 1 saturated heterocycles. The van der Waals surface area contributed by atoms with E-state index in [-0.39, 0.29) is 35.4 Å². The molecule has 1 aliphatic heterocycles. The van der Waals surface area contributed by atoms with Crippen molar-refractivity contribution >= 4 is 35.3 Å². The van der Waals surface area contributed by atoms with Crippen LogP contribution in [-0.2, 0) is 24.0 Å². The number of hydrogen-bond donors (Lipinski definition) is 4. The predicted molar refractivity (Wildman–Crippen MR) is 192 cm³/mol. The van der Waals surface area contributed by atoms with E-state index in [1.165, 1.54) is 12.3 Å². The Kier molecular flexibility index (Phi) is 11.1. The average Bonchev–Trinajstić information content (AvgIpc) is 3.95. The number of nitrogens with zero attached hydrogens (tertiary/aromatic N) is 2. The van der Waals surface area contributed by atoms with Gasteiger partial charge < -0.3 is 26.2 Å². The van der Waals surface area contributed by atoms with E-state index < -0.39 is 70.3 Å². The number of Topliss-reactive ketones (excluding diaryl/α,β-unsaturated/α-hetero) is 1. The van der Waals surface area contributed by atoms with Crippen LogP contribution in [0.25, 0.3) is 0 Å². The fourth-order valence-corrected chi connectivity index (χ4v) is 8.35. The summed E-state index contributed by atoms with van der Waals surface area (Å²) in [6.07, 6.45) is 9.58. The second-order valence-corrected chi connectivity index (χ2v) is 17.1. The van der Waals surface area contributed by atoms with E-state index in [9.17, 15) is 28.8 Å². The summed E-state index contributed by atoms with van der Waals surface area (Å²) in [4.78, 5) is 88.2. The number of fused-ring (bicyclic) bond motifs is 1. The van der Waals surface area contributed by atoms with Gasteiger partial charge in [0.2, 0.25) is 23.5 Å². The van der Waals surface area contributed by atoms with Gasteiger partial charge in [0.05, 0.1) is 6.04 Å². The fraction of sp³-hybridized carbons (Fsp3) is 0.667. The summed E-state index contributed by atoms with van der Waals surface area (Å²) in [5, 5.41) is 11.4. The largest absolute Gasteiger partial charge is 0.346 e. The van der Waals surface area contributed by atoms with Crippen LogP contribution in [0.4, 0.5) is 0 Å². The summed E-state index contributed by atoms with van der Waals surface area (Å²) in [6.45, 7) is 15.8. The third-order valence-corrected chi connectivity index (χ3v) is 11.8. The average molecular weight is 705 g/mol. The quantitative estimate of drug-likeness (QED) is 0.170. The van der Waals surface area contributed by atoms with Crippen molar-refractivity contribution in [3.8, 4) is 0 Å². The van der Waals surface area contributed by atoms with E-state index >= 15 is 0 Å². The van der Waals surface area contributed by atoms with Gasteiger partial charge in [-0.2, -0.15) is 0 Å². The molecule has 1 aromatic rings. The molecule has 0 bridgehead atoms. The predicted octanol–water partition coefficient (Wildman–Crippen LogP) is 3.32. The van der Waals surface area contributed by atoms with Gasteiger partial charge in [-0.05, 0) is 65.4 Å². The Morgan fingerprint density at radius 1 is 1.00 bits per heavy atom. The molecule has 4 N–H and O–H groups in total. The standard InChI is InChI=1S/C39H56N6O6/c1-8-19-41-34(49)29(46)26(21-23-15-16-23)42-33(48)28-27-24(38(27,5)6)22-45(28)36(51)31(37(2,3)4)44-35(50)30(39(7)17-11-9-12-18-39)43-32(47)25-14-10-13-20-40-25/h8,10,13-14,20,23-24,26-28,30-31H,1,9,11-12,15-19,21-22H2,2-7H3,(H,41,49)(H,42,48)(H,43,47)(H,44,50)/t24?,26?,27?,28-,30+,31+/m0/s1. The van der Waals surface area contributed by atoms with Gasteiger partial charge in [-0.25, -0.2) is 0 Å². The van der Waals surface area contributed by atoms with Crippen molar-refractivity contribution in [1.82, 2.24) is 31.2 Å². The van der Waals surface area contributed by atoms with Gasteiger partial charge in [0.25, 0.3) is 11.8 Å². The molecular formula is C39H56N6O6. The van der Waals surface area contributed by atoms with Gasteiger partial charge in [-0.15, -0.1) is 6.58 Å². The lowest BCUT2D eigenvalue weighted by molar-refractivity contribution is -0.147. The van der Waals surface area contributed by atoms with Crippen LogP contribution in [0.15, 0.2) is 37.1 Å². The first kappa shape index (κ1) is 38.1. The lowest BCUT2D eigenvalue weighted by Crippen LogP contribution is -2.64. The number of likely N-dealkylation sites (tertiary alicyclic amines) is 1.